The molecular formula is C29H27ClF3N5O3. The van der Waals surface area contributed by atoms with Crippen LogP contribution in [0, 0.1) is 0 Å². The molecule has 6 rings (SSSR count). The first-order valence-corrected chi connectivity index (χ1v) is 13.5. The number of anilines is 1. The maximum atomic E-state index is 13.3. The van der Waals surface area contributed by atoms with Crippen LogP contribution in [0.5, 0.6) is 0 Å². The molecule has 0 radical (unpaired) electrons. The molecule has 214 valence electrons. The van der Waals surface area contributed by atoms with Crippen molar-refractivity contribution in [2.24, 2.45) is 0 Å². The Labute approximate surface area is 238 Å². The second kappa shape index (κ2) is 10.0. The Morgan fingerprint density at radius 3 is 2.56 bits per heavy atom. The summed E-state index contributed by atoms with van der Waals surface area (Å²) in [6.45, 7) is 2.50. The standard InChI is InChI=1S/C29H27ClF3N5O3/c1-28(40,19-3-2-4-20(11-19)29(31,32)33)18-8-5-16(6-9-18)24-25-26(34)35-12-22(30)38(25)27(36-24)17-7-10-21-14-41-15-23(39)37(21)13-17/h2-6,8-9,11-12,17,21,40H,7,10,13-15H2,1H3,(H2,34,35)/t17-,21+,28+/m0/s1. The number of carbonyl (C=O) groups is 1. The Hall–Kier alpha value is -3.67. The van der Waals surface area contributed by atoms with E-state index in [1.165, 1.54) is 25.3 Å². The average molecular weight is 586 g/mol. The molecule has 8 nitrogen and oxygen atoms in total. The molecule has 2 fully saturated rings. The molecule has 0 saturated carbocycles. The number of aliphatic hydroxyl groups is 1. The van der Waals surface area contributed by atoms with Crippen molar-refractivity contribution < 1.29 is 27.8 Å². The fourth-order valence-electron chi connectivity index (χ4n) is 5.81. The van der Waals surface area contributed by atoms with E-state index in [-0.39, 0.29) is 35.9 Å². The highest BCUT2D eigenvalue weighted by Gasteiger charge is 2.38. The number of aromatic nitrogens is 3. The number of nitrogens with zero attached hydrogens (tertiary/aromatic N) is 4. The molecule has 2 saturated heterocycles. The number of rotatable bonds is 4. The number of halogens is 4. The van der Waals surface area contributed by atoms with Crippen molar-refractivity contribution in [1.82, 2.24) is 19.3 Å². The predicted octanol–water partition coefficient (Wildman–Crippen LogP) is 5.01. The Balaban J connectivity index is 1.38. The van der Waals surface area contributed by atoms with Crippen LogP contribution >= 0.6 is 11.6 Å². The van der Waals surface area contributed by atoms with Crippen LogP contribution in [0.1, 0.15) is 48.2 Å². The van der Waals surface area contributed by atoms with Crippen molar-refractivity contribution in [3.8, 4) is 11.3 Å². The maximum Gasteiger partial charge on any atom is 0.416 e. The van der Waals surface area contributed by atoms with Crippen LogP contribution in [-0.4, -0.2) is 56.1 Å². The fraction of sp³-hybridized carbons (Fsp3) is 0.345. The van der Waals surface area contributed by atoms with Gasteiger partial charge in [-0.1, -0.05) is 48.0 Å². The largest absolute Gasteiger partial charge is 0.416 e. The number of hydrogen-bond donors (Lipinski definition) is 2. The van der Waals surface area contributed by atoms with Crippen molar-refractivity contribution >= 4 is 28.8 Å². The number of nitrogens with two attached hydrogens (primary N) is 1. The molecule has 3 N–H and O–H groups in total. The summed E-state index contributed by atoms with van der Waals surface area (Å²) in [5, 5.41) is 11.6. The van der Waals surface area contributed by atoms with E-state index in [2.05, 4.69) is 4.98 Å². The Kier molecular flexibility index (Phi) is 6.71. The molecule has 41 heavy (non-hydrogen) atoms. The van der Waals surface area contributed by atoms with E-state index in [9.17, 15) is 23.1 Å². The van der Waals surface area contributed by atoms with Gasteiger partial charge in [-0.2, -0.15) is 13.2 Å². The molecule has 4 heterocycles. The number of hydrogen-bond acceptors (Lipinski definition) is 6. The zero-order valence-electron chi connectivity index (χ0n) is 22.0. The molecule has 3 atom stereocenters. The van der Waals surface area contributed by atoms with Gasteiger partial charge in [0.1, 0.15) is 40.2 Å². The molecule has 2 aliphatic heterocycles. The van der Waals surface area contributed by atoms with Crippen LogP contribution in [0.15, 0.2) is 54.7 Å². The first-order valence-electron chi connectivity index (χ1n) is 13.2. The van der Waals surface area contributed by atoms with Crippen molar-refractivity contribution in [3.05, 3.63) is 82.4 Å². The molecule has 2 aromatic carbocycles. The zero-order chi connectivity index (χ0) is 29.1. The van der Waals surface area contributed by atoms with Gasteiger partial charge in [-0.05, 0) is 43.0 Å². The number of piperidine rings is 1. The molecule has 12 heteroatoms. The van der Waals surface area contributed by atoms with Crippen LogP contribution in [0.2, 0.25) is 5.15 Å². The molecule has 1 amide bonds. The highest BCUT2D eigenvalue weighted by Crippen LogP contribution is 2.39. The highest BCUT2D eigenvalue weighted by molar-refractivity contribution is 6.30. The van der Waals surface area contributed by atoms with E-state index in [1.807, 2.05) is 4.90 Å². The predicted molar refractivity (Wildman–Crippen MR) is 146 cm³/mol. The lowest BCUT2D eigenvalue weighted by atomic mass is 9.87. The number of amides is 1. The summed E-state index contributed by atoms with van der Waals surface area (Å²) >= 11 is 6.61. The van der Waals surface area contributed by atoms with Crippen LogP contribution in [0.25, 0.3) is 16.8 Å². The number of alkyl halides is 3. The summed E-state index contributed by atoms with van der Waals surface area (Å²) in [5.74, 6) is 0.726. The van der Waals surface area contributed by atoms with Crippen LogP contribution in [-0.2, 0) is 21.3 Å². The van der Waals surface area contributed by atoms with E-state index in [1.54, 1.807) is 28.7 Å². The van der Waals surface area contributed by atoms with E-state index in [4.69, 9.17) is 27.1 Å². The minimum absolute atomic E-state index is 0.0394. The third-order valence-corrected chi connectivity index (χ3v) is 8.34. The third-order valence-electron chi connectivity index (χ3n) is 8.07. The second-order valence-electron chi connectivity index (χ2n) is 10.7. The summed E-state index contributed by atoms with van der Waals surface area (Å²) in [5.41, 5.74) is 6.00. The smallest absolute Gasteiger partial charge is 0.382 e. The lowest BCUT2D eigenvalue weighted by Gasteiger charge is -2.41. The summed E-state index contributed by atoms with van der Waals surface area (Å²) in [7, 11) is 0. The molecule has 0 spiro atoms. The Morgan fingerprint density at radius 2 is 1.83 bits per heavy atom. The fourth-order valence-corrected chi connectivity index (χ4v) is 6.03. The van der Waals surface area contributed by atoms with Crippen molar-refractivity contribution in [3.63, 3.8) is 0 Å². The highest BCUT2D eigenvalue weighted by atomic mass is 35.5. The summed E-state index contributed by atoms with van der Waals surface area (Å²) in [4.78, 5) is 23.6. The lowest BCUT2D eigenvalue weighted by molar-refractivity contribution is -0.151. The van der Waals surface area contributed by atoms with Crippen molar-refractivity contribution in [2.45, 2.75) is 43.5 Å². The number of morpholine rings is 1. The number of ether oxygens (including phenoxy) is 1. The Bertz CT molecular complexity index is 1640. The quantitative estimate of drug-likeness (QED) is 0.349. The number of carbonyl (C=O) groups excluding carboxylic acids is 1. The Morgan fingerprint density at radius 1 is 1.10 bits per heavy atom. The summed E-state index contributed by atoms with van der Waals surface area (Å²) in [6, 6.07) is 11.4. The van der Waals surface area contributed by atoms with Gasteiger partial charge < -0.3 is 20.5 Å². The second-order valence-corrected chi connectivity index (χ2v) is 11.1. The van der Waals surface area contributed by atoms with Gasteiger partial charge in [0.15, 0.2) is 0 Å². The van der Waals surface area contributed by atoms with Gasteiger partial charge in [0, 0.05) is 18.0 Å². The number of benzene rings is 2. The van der Waals surface area contributed by atoms with Crippen molar-refractivity contribution in [1.29, 1.82) is 0 Å². The molecule has 4 aromatic rings. The number of imidazole rings is 1. The molecule has 2 aliphatic rings. The van der Waals surface area contributed by atoms with E-state index < -0.39 is 17.3 Å². The third kappa shape index (κ3) is 4.81. The van der Waals surface area contributed by atoms with Gasteiger partial charge >= 0.3 is 6.18 Å². The zero-order valence-corrected chi connectivity index (χ0v) is 22.8. The molecule has 2 aromatic heterocycles. The number of nitrogen functional groups attached to an aromatic ring is 1. The van der Waals surface area contributed by atoms with Gasteiger partial charge in [0.25, 0.3) is 0 Å². The van der Waals surface area contributed by atoms with E-state index in [0.29, 0.717) is 46.5 Å². The van der Waals surface area contributed by atoms with Gasteiger partial charge in [-0.25, -0.2) is 9.97 Å². The summed E-state index contributed by atoms with van der Waals surface area (Å²) in [6.07, 6.45) is -1.54. The average Bonchev–Trinajstić information content (AvgIpc) is 3.37. The van der Waals surface area contributed by atoms with E-state index >= 15 is 0 Å². The maximum absolute atomic E-state index is 13.3. The van der Waals surface area contributed by atoms with E-state index in [0.717, 1.165) is 25.0 Å². The summed E-state index contributed by atoms with van der Waals surface area (Å²) < 4.78 is 47.0. The van der Waals surface area contributed by atoms with Crippen LogP contribution < -0.4 is 5.73 Å². The first-order chi connectivity index (χ1) is 19.4. The molecule has 0 aliphatic carbocycles. The lowest BCUT2D eigenvalue weighted by Crippen LogP contribution is -2.53. The minimum Gasteiger partial charge on any atom is -0.382 e. The first kappa shape index (κ1) is 27.5. The van der Waals surface area contributed by atoms with Crippen LogP contribution in [0.4, 0.5) is 19.0 Å². The minimum atomic E-state index is -4.53. The monoisotopic (exact) mass is 585 g/mol. The van der Waals surface area contributed by atoms with Gasteiger partial charge in [-0.3, -0.25) is 9.20 Å². The SMILES string of the molecule is C[C@@](O)(c1ccc(-c2nc([C@H]3CC[C@@H]4COCC(=O)N4C3)n3c(Cl)cnc(N)c23)cc1)c1cccc(C(F)(F)F)c1. The van der Waals surface area contributed by atoms with Gasteiger partial charge in [0.05, 0.1) is 24.4 Å². The normalized spacial score (nSPS) is 21.1. The topological polar surface area (TPSA) is 106 Å². The van der Waals surface area contributed by atoms with Crippen LogP contribution in [0.3, 0.4) is 0 Å². The van der Waals surface area contributed by atoms with Gasteiger partial charge in [0.2, 0.25) is 5.91 Å². The molecular weight excluding hydrogens is 559 g/mol. The van der Waals surface area contributed by atoms with Crippen molar-refractivity contribution in [2.75, 3.05) is 25.5 Å². The number of fused-ring (bicyclic) bond motifs is 2. The molecule has 0 unspecified atom stereocenters. The molecule has 0 bridgehead atoms. The van der Waals surface area contributed by atoms with Gasteiger partial charge in [-0.15, -0.1) is 0 Å².